The highest BCUT2D eigenvalue weighted by atomic mass is 32.2. The van der Waals surface area contributed by atoms with Crippen molar-refractivity contribution >= 4 is 22.0 Å². The molecule has 0 fully saturated rings. The fraction of sp³-hybridized carbons (Fsp3) is 0.158. The summed E-state index contributed by atoms with van der Waals surface area (Å²) < 4.78 is 33.9. The van der Waals surface area contributed by atoms with Crippen molar-refractivity contribution in [3.8, 4) is 0 Å². The molecular weight excluding hydrogens is 366 g/mol. The predicted octanol–water partition coefficient (Wildman–Crippen LogP) is 2.09. The molecule has 1 heterocycles. The minimum absolute atomic E-state index is 0.0851. The van der Waals surface area contributed by atoms with E-state index in [2.05, 4.69) is 4.98 Å². The van der Waals surface area contributed by atoms with E-state index in [9.17, 15) is 17.8 Å². The molecule has 0 atom stereocenters. The third-order valence-electron chi connectivity index (χ3n) is 3.81. The molecular formula is C19H21N3O4S. The van der Waals surface area contributed by atoms with Gasteiger partial charge in [0, 0.05) is 0 Å². The number of aromatic amines is 1. The van der Waals surface area contributed by atoms with Crippen LogP contribution in [0.5, 0.6) is 0 Å². The third kappa shape index (κ3) is 5.02. The van der Waals surface area contributed by atoms with Crippen LogP contribution >= 0.6 is 0 Å². The maximum Gasteiger partial charge on any atom is 0.360 e. The number of carbonyl (C=O) groups is 1. The van der Waals surface area contributed by atoms with Crippen LogP contribution in [0.4, 0.5) is 5.95 Å². The van der Waals surface area contributed by atoms with E-state index in [0.29, 0.717) is 22.6 Å². The van der Waals surface area contributed by atoms with Crippen LogP contribution < -0.4 is 10.3 Å². The predicted molar refractivity (Wildman–Crippen MR) is 100 cm³/mol. The van der Waals surface area contributed by atoms with E-state index >= 15 is 0 Å². The molecule has 0 bridgehead atoms. The van der Waals surface area contributed by atoms with Crippen LogP contribution in [0.2, 0.25) is 0 Å². The molecule has 8 heteroatoms. The number of rotatable bonds is 2. The number of nitrogen functional groups attached to an aromatic ring is 1. The van der Waals surface area contributed by atoms with E-state index in [1.807, 2.05) is 25.1 Å². The minimum atomic E-state index is -4.33. The maximum atomic E-state index is 11.8. The molecule has 0 amide bonds. The summed E-state index contributed by atoms with van der Waals surface area (Å²) in [4.78, 5) is 14.4. The number of imidazole rings is 1. The summed E-state index contributed by atoms with van der Waals surface area (Å²) in [6.07, 6.45) is 3.22. The number of anilines is 1. The Bertz CT molecular complexity index is 1030. The highest BCUT2D eigenvalue weighted by molar-refractivity contribution is 7.85. The van der Waals surface area contributed by atoms with Gasteiger partial charge in [0.25, 0.3) is 0 Å². The second-order valence-corrected chi connectivity index (χ2v) is 7.38. The first-order valence-corrected chi connectivity index (χ1v) is 9.50. The lowest BCUT2D eigenvalue weighted by Crippen LogP contribution is -2.43. The zero-order valence-corrected chi connectivity index (χ0v) is 16.1. The van der Waals surface area contributed by atoms with Gasteiger partial charge in [-0.15, -0.1) is 0 Å². The molecule has 0 saturated carbocycles. The standard InChI is InChI=1S/C10H9N3O.C9H12O3S/c11-10-12-6-7-13(10)9(14)8-4-2-1-3-5-8;1-6-4-7(2)9(8(3)5-6)13(10,11)12/h1-7H,(H2,11,12);4-5H,1-3H3,(H,10,11,12). The first-order chi connectivity index (χ1) is 12.6. The van der Waals surface area contributed by atoms with Crippen LogP contribution in [-0.2, 0) is 10.1 Å². The number of aromatic nitrogens is 2. The number of aryl methyl sites for hydroxylation is 3. The SMILES string of the molecule is Cc1cc(C)c(S(=O)(=O)[O-])c(C)c1.Nc1[nH]cc[n+]1C(=O)c1ccccc1. The average molecular weight is 387 g/mol. The van der Waals surface area contributed by atoms with Gasteiger partial charge in [-0.2, -0.15) is 4.57 Å². The normalized spacial score (nSPS) is 10.8. The van der Waals surface area contributed by atoms with Crippen LogP contribution in [-0.4, -0.2) is 23.9 Å². The monoisotopic (exact) mass is 387 g/mol. The number of hydrogen-bond acceptors (Lipinski definition) is 5. The molecule has 0 unspecified atom stereocenters. The molecule has 0 aliphatic heterocycles. The van der Waals surface area contributed by atoms with Crippen molar-refractivity contribution in [2.24, 2.45) is 0 Å². The lowest BCUT2D eigenvalue weighted by Gasteiger charge is -2.14. The van der Waals surface area contributed by atoms with Gasteiger partial charge in [-0.05, 0) is 44.0 Å². The van der Waals surface area contributed by atoms with Gasteiger partial charge in [0.05, 0.1) is 16.7 Å². The lowest BCUT2D eigenvalue weighted by atomic mass is 10.1. The Balaban J connectivity index is 0.000000194. The van der Waals surface area contributed by atoms with Crippen molar-refractivity contribution in [3.05, 3.63) is 77.1 Å². The van der Waals surface area contributed by atoms with Gasteiger partial charge < -0.3 is 4.55 Å². The summed E-state index contributed by atoms with van der Waals surface area (Å²) in [5, 5.41) is 0. The van der Waals surface area contributed by atoms with Crippen molar-refractivity contribution in [1.29, 1.82) is 0 Å². The molecule has 0 aliphatic rings. The second-order valence-electron chi connectivity index (χ2n) is 6.07. The molecule has 3 rings (SSSR count). The highest BCUT2D eigenvalue weighted by Crippen LogP contribution is 2.20. The molecule has 0 aliphatic carbocycles. The molecule has 0 spiro atoms. The van der Waals surface area contributed by atoms with Gasteiger partial charge in [-0.25, -0.2) is 18.2 Å². The largest absolute Gasteiger partial charge is 0.744 e. The zero-order valence-electron chi connectivity index (χ0n) is 15.3. The third-order valence-corrected chi connectivity index (χ3v) is 4.95. The first kappa shape index (κ1) is 20.3. The number of H-pyrrole nitrogens is 1. The van der Waals surface area contributed by atoms with Gasteiger partial charge in [0.1, 0.15) is 16.3 Å². The maximum absolute atomic E-state index is 11.8. The van der Waals surface area contributed by atoms with Crippen molar-refractivity contribution in [2.45, 2.75) is 25.7 Å². The van der Waals surface area contributed by atoms with Crippen molar-refractivity contribution < 1.29 is 22.3 Å². The Morgan fingerprint density at radius 3 is 2.07 bits per heavy atom. The van der Waals surface area contributed by atoms with Crippen LogP contribution in [0.25, 0.3) is 0 Å². The van der Waals surface area contributed by atoms with E-state index in [1.54, 1.807) is 50.5 Å². The average Bonchev–Trinajstić information content (AvgIpc) is 2.99. The Morgan fingerprint density at radius 2 is 1.63 bits per heavy atom. The Hall–Kier alpha value is -2.97. The summed E-state index contributed by atoms with van der Waals surface area (Å²) >= 11 is 0. The fourth-order valence-electron chi connectivity index (χ4n) is 2.81. The number of nitrogens with one attached hydrogen (secondary N) is 1. The quantitative estimate of drug-likeness (QED) is 0.515. The minimum Gasteiger partial charge on any atom is -0.744 e. The Labute approximate surface area is 158 Å². The summed E-state index contributed by atoms with van der Waals surface area (Å²) in [7, 11) is -4.33. The summed E-state index contributed by atoms with van der Waals surface area (Å²) in [6.45, 7) is 5.12. The van der Waals surface area contributed by atoms with E-state index in [4.69, 9.17) is 5.73 Å². The van der Waals surface area contributed by atoms with Crippen LogP contribution in [0.15, 0.2) is 59.8 Å². The van der Waals surface area contributed by atoms with Gasteiger partial charge in [0.2, 0.25) is 0 Å². The van der Waals surface area contributed by atoms with E-state index < -0.39 is 10.1 Å². The zero-order chi connectivity index (χ0) is 20.2. The Morgan fingerprint density at radius 1 is 1.07 bits per heavy atom. The summed E-state index contributed by atoms with van der Waals surface area (Å²) in [5.41, 5.74) is 8.18. The van der Waals surface area contributed by atoms with Gasteiger partial charge in [-0.3, -0.25) is 5.73 Å². The van der Waals surface area contributed by atoms with Crippen molar-refractivity contribution in [1.82, 2.24) is 4.98 Å². The molecule has 3 aromatic rings. The number of benzene rings is 2. The van der Waals surface area contributed by atoms with Crippen molar-refractivity contribution in [2.75, 3.05) is 5.73 Å². The van der Waals surface area contributed by atoms with Crippen LogP contribution in [0, 0.1) is 20.8 Å². The highest BCUT2D eigenvalue weighted by Gasteiger charge is 2.15. The topological polar surface area (TPSA) is 120 Å². The summed E-state index contributed by atoms with van der Waals surface area (Å²) in [6, 6.07) is 12.4. The number of nitrogens with two attached hydrogens (primary N) is 1. The number of nitrogens with zero attached hydrogens (tertiary/aromatic N) is 1. The molecule has 0 radical (unpaired) electrons. The van der Waals surface area contributed by atoms with Crippen molar-refractivity contribution in [3.63, 3.8) is 0 Å². The van der Waals surface area contributed by atoms with Crippen LogP contribution in [0.3, 0.4) is 0 Å². The van der Waals surface area contributed by atoms with E-state index in [0.717, 1.165) is 5.56 Å². The smallest absolute Gasteiger partial charge is 0.360 e. The molecule has 2 aromatic carbocycles. The molecule has 142 valence electrons. The molecule has 27 heavy (non-hydrogen) atoms. The van der Waals surface area contributed by atoms with Gasteiger partial charge >= 0.3 is 11.9 Å². The van der Waals surface area contributed by atoms with Gasteiger partial charge in [0.15, 0.2) is 0 Å². The molecule has 7 nitrogen and oxygen atoms in total. The van der Waals surface area contributed by atoms with E-state index in [1.165, 1.54) is 4.57 Å². The van der Waals surface area contributed by atoms with Crippen LogP contribution in [0.1, 0.15) is 27.0 Å². The second kappa shape index (κ2) is 8.15. The first-order valence-electron chi connectivity index (χ1n) is 8.09. The van der Waals surface area contributed by atoms with E-state index in [-0.39, 0.29) is 10.8 Å². The molecule has 1 aromatic heterocycles. The van der Waals surface area contributed by atoms with Gasteiger partial charge in [-0.1, -0.05) is 35.9 Å². The molecule has 3 N–H and O–H groups in total. The molecule has 0 saturated heterocycles. The number of hydrogen-bond donors (Lipinski definition) is 2. The summed E-state index contributed by atoms with van der Waals surface area (Å²) in [5.74, 6) is 0.197. The lowest BCUT2D eigenvalue weighted by molar-refractivity contribution is -0.553. The fourth-order valence-corrected chi connectivity index (χ4v) is 3.71. The Kier molecular flexibility index (Phi) is 6.14. The number of carbonyl (C=O) groups excluding carboxylic acids is 1.